The van der Waals surface area contributed by atoms with Crippen LogP contribution in [-0.2, 0) is 14.3 Å². The van der Waals surface area contributed by atoms with Gasteiger partial charge in [0, 0.05) is 33.9 Å². The molecule has 0 N–H and O–H groups in total. The van der Waals surface area contributed by atoms with Gasteiger partial charge in [-0.1, -0.05) is 0 Å². The number of hydrogen-bond acceptors (Lipinski definition) is 4. The molecule has 0 aromatic rings. The van der Waals surface area contributed by atoms with Gasteiger partial charge in [-0.15, -0.1) is 0 Å². The van der Waals surface area contributed by atoms with Crippen LogP contribution in [0.1, 0.15) is 13.8 Å². The van der Waals surface area contributed by atoms with Crippen LogP contribution in [0.4, 0.5) is 0 Å². The first-order valence-electron chi connectivity index (χ1n) is 5.60. The van der Waals surface area contributed by atoms with Crippen LogP contribution in [0, 0.1) is 0 Å². The lowest BCUT2D eigenvalue weighted by Gasteiger charge is -2.25. The molecule has 0 aromatic heterocycles. The van der Waals surface area contributed by atoms with E-state index in [1.807, 2.05) is 30.7 Å². The summed E-state index contributed by atoms with van der Waals surface area (Å²) < 4.78 is 10.2. The number of ether oxygens (including phenoxy) is 2. The number of methoxy groups -OCH3 is 2. The van der Waals surface area contributed by atoms with Crippen molar-refractivity contribution in [1.82, 2.24) is 9.80 Å². The van der Waals surface area contributed by atoms with Crippen molar-refractivity contribution in [3.63, 3.8) is 0 Å². The van der Waals surface area contributed by atoms with E-state index in [1.54, 1.807) is 14.2 Å². The Morgan fingerprint density at radius 2 is 1.69 bits per heavy atom. The minimum atomic E-state index is -0.283. The zero-order valence-electron chi connectivity index (χ0n) is 11.0. The van der Waals surface area contributed by atoms with Crippen LogP contribution >= 0.6 is 0 Å². The van der Waals surface area contributed by atoms with E-state index in [-0.39, 0.29) is 12.2 Å². The minimum absolute atomic E-state index is 0.137. The van der Waals surface area contributed by atoms with Gasteiger partial charge in [-0.25, -0.2) is 0 Å². The molecule has 0 bridgehead atoms. The number of carbonyl (C=O) groups excluding carboxylic acids is 1. The van der Waals surface area contributed by atoms with Gasteiger partial charge in [0.1, 0.15) is 0 Å². The molecule has 96 valence electrons. The maximum Gasteiger partial charge on any atom is 0.236 e. The molecular formula is C11H24N2O3. The van der Waals surface area contributed by atoms with Gasteiger partial charge >= 0.3 is 0 Å². The van der Waals surface area contributed by atoms with E-state index in [2.05, 4.69) is 0 Å². The summed E-state index contributed by atoms with van der Waals surface area (Å²) in [6.45, 7) is 6.44. The van der Waals surface area contributed by atoms with Crippen molar-refractivity contribution in [3.05, 3.63) is 0 Å². The van der Waals surface area contributed by atoms with Gasteiger partial charge in [-0.3, -0.25) is 9.69 Å². The maximum atomic E-state index is 11.8. The average molecular weight is 232 g/mol. The number of rotatable bonds is 8. The van der Waals surface area contributed by atoms with Crippen molar-refractivity contribution in [2.75, 3.05) is 47.4 Å². The monoisotopic (exact) mass is 232 g/mol. The van der Waals surface area contributed by atoms with Gasteiger partial charge in [0.2, 0.25) is 5.91 Å². The van der Waals surface area contributed by atoms with E-state index in [0.717, 1.165) is 13.1 Å². The summed E-state index contributed by atoms with van der Waals surface area (Å²) in [7, 11) is 5.06. The summed E-state index contributed by atoms with van der Waals surface area (Å²) in [5, 5.41) is 0. The van der Waals surface area contributed by atoms with Crippen molar-refractivity contribution in [1.29, 1.82) is 0 Å². The summed E-state index contributed by atoms with van der Waals surface area (Å²) in [6, 6.07) is 0. The van der Waals surface area contributed by atoms with Crippen LogP contribution in [0.25, 0.3) is 0 Å². The highest BCUT2D eigenvalue weighted by molar-refractivity contribution is 5.78. The molecule has 0 saturated carbocycles. The van der Waals surface area contributed by atoms with E-state index >= 15 is 0 Å². The lowest BCUT2D eigenvalue weighted by Crippen LogP contribution is -2.41. The third-order valence-corrected chi connectivity index (χ3v) is 2.51. The quantitative estimate of drug-likeness (QED) is 0.568. The van der Waals surface area contributed by atoms with Gasteiger partial charge < -0.3 is 14.4 Å². The van der Waals surface area contributed by atoms with Crippen LogP contribution in [0.3, 0.4) is 0 Å². The first-order valence-corrected chi connectivity index (χ1v) is 5.60. The summed E-state index contributed by atoms with van der Waals surface area (Å²) in [6.07, 6.45) is -0.283. The number of likely N-dealkylation sites (N-methyl/N-ethyl adjacent to an activating group) is 2. The predicted octanol–water partition coefficient (Wildman–Crippen LogP) is 0.406. The number of nitrogens with zero attached hydrogens (tertiary/aromatic N) is 2. The molecule has 0 aliphatic heterocycles. The van der Waals surface area contributed by atoms with Crippen molar-refractivity contribution in [2.24, 2.45) is 0 Å². The lowest BCUT2D eigenvalue weighted by molar-refractivity contribution is -0.136. The highest BCUT2D eigenvalue weighted by Crippen LogP contribution is 1.97. The zero-order chi connectivity index (χ0) is 12.6. The Hall–Kier alpha value is -0.650. The van der Waals surface area contributed by atoms with Crippen molar-refractivity contribution < 1.29 is 14.3 Å². The molecule has 0 aliphatic carbocycles. The molecule has 0 unspecified atom stereocenters. The lowest BCUT2D eigenvalue weighted by atomic mass is 10.4. The highest BCUT2D eigenvalue weighted by atomic mass is 16.7. The Balaban J connectivity index is 4.03. The summed E-state index contributed by atoms with van der Waals surface area (Å²) >= 11 is 0. The number of hydrogen-bond donors (Lipinski definition) is 0. The molecule has 1 amide bonds. The zero-order valence-corrected chi connectivity index (χ0v) is 11.0. The molecule has 5 nitrogen and oxygen atoms in total. The third-order valence-electron chi connectivity index (χ3n) is 2.51. The topological polar surface area (TPSA) is 42.0 Å². The molecule has 0 saturated heterocycles. The molecular weight excluding hydrogens is 208 g/mol. The Morgan fingerprint density at radius 3 is 2.06 bits per heavy atom. The molecule has 0 rings (SSSR count). The average Bonchev–Trinajstić information content (AvgIpc) is 2.27. The Bertz CT molecular complexity index is 192. The summed E-state index contributed by atoms with van der Waals surface area (Å²) in [5.74, 6) is 0.137. The second-order valence-electron chi connectivity index (χ2n) is 3.66. The molecule has 0 spiro atoms. The van der Waals surface area contributed by atoms with E-state index in [1.165, 1.54) is 0 Å². The van der Waals surface area contributed by atoms with Crippen LogP contribution in [0.5, 0.6) is 0 Å². The largest absolute Gasteiger partial charge is 0.355 e. The summed E-state index contributed by atoms with van der Waals surface area (Å²) in [5.41, 5.74) is 0. The fourth-order valence-electron chi connectivity index (χ4n) is 1.47. The molecule has 0 aliphatic rings. The van der Waals surface area contributed by atoms with Crippen molar-refractivity contribution in [2.45, 2.75) is 20.1 Å². The van der Waals surface area contributed by atoms with Crippen LogP contribution < -0.4 is 0 Å². The molecule has 0 radical (unpaired) electrons. The normalized spacial score (nSPS) is 11.2. The van der Waals surface area contributed by atoms with Crippen LogP contribution in [0.15, 0.2) is 0 Å². The first-order chi connectivity index (χ1) is 7.58. The molecule has 0 heterocycles. The SMILES string of the molecule is CCN(CC)C(=O)CN(C)CC(OC)OC. The predicted molar refractivity (Wildman–Crippen MR) is 63.2 cm³/mol. The van der Waals surface area contributed by atoms with E-state index in [9.17, 15) is 4.79 Å². The van der Waals surface area contributed by atoms with Crippen LogP contribution in [-0.4, -0.2) is 69.4 Å². The number of amides is 1. The third kappa shape index (κ3) is 5.44. The van der Waals surface area contributed by atoms with Gasteiger partial charge in [0.15, 0.2) is 6.29 Å². The smallest absolute Gasteiger partial charge is 0.236 e. The Labute approximate surface area is 98.3 Å². The van der Waals surface area contributed by atoms with Crippen molar-refractivity contribution >= 4 is 5.91 Å². The molecule has 0 atom stereocenters. The first kappa shape index (κ1) is 15.3. The van der Waals surface area contributed by atoms with Gasteiger partial charge in [0.25, 0.3) is 0 Å². The second-order valence-corrected chi connectivity index (χ2v) is 3.66. The van der Waals surface area contributed by atoms with E-state index in [0.29, 0.717) is 13.1 Å². The Morgan fingerprint density at radius 1 is 1.19 bits per heavy atom. The van der Waals surface area contributed by atoms with Crippen molar-refractivity contribution in [3.8, 4) is 0 Å². The highest BCUT2D eigenvalue weighted by Gasteiger charge is 2.15. The number of carbonyl (C=O) groups is 1. The Kier molecular flexibility index (Phi) is 8.15. The van der Waals surface area contributed by atoms with E-state index < -0.39 is 0 Å². The van der Waals surface area contributed by atoms with E-state index in [4.69, 9.17) is 9.47 Å². The van der Waals surface area contributed by atoms with Crippen LogP contribution in [0.2, 0.25) is 0 Å². The summed E-state index contributed by atoms with van der Waals surface area (Å²) in [4.78, 5) is 15.5. The minimum Gasteiger partial charge on any atom is -0.355 e. The van der Waals surface area contributed by atoms with Gasteiger partial charge in [-0.05, 0) is 20.9 Å². The standard InChI is InChI=1S/C11H24N2O3/c1-6-13(7-2)10(14)8-12(3)9-11(15-4)16-5/h11H,6-9H2,1-5H3. The molecule has 0 aromatic carbocycles. The fraction of sp³-hybridized carbons (Fsp3) is 0.909. The molecule has 0 fully saturated rings. The maximum absolute atomic E-state index is 11.8. The van der Waals surface area contributed by atoms with Gasteiger partial charge in [0.05, 0.1) is 6.54 Å². The second kappa shape index (κ2) is 8.50. The molecule has 5 heteroatoms. The molecule has 16 heavy (non-hydrogen) atoms. The van der Waals surface area contributed by atoms with Gasteiger partial charge in [-0.2, -0.15) is 0 Å². The fourth-order valence-corrected chi connectivity index (χ4v) is 1.47.